The molecule has 0 heterocycles. The number of hydrogen-bond donors (Lipinski definition) is 1. The van der Waals surface area contributed by atoms with Crippen LogP contribution in [-0.2, 0) is 9.53 Å². The molecule has 1 N–H and O–H groups in total. The Morgan fingerprint density at radius 1 is 1.40 bits per heavy atom. The largest absolute Gasteiger partial charge is 0.497 e. The molecule has 1 unspecified atom stereocenters. The molecule has 20 heavy (non-hydrogen) atoms. The van der Waals surface area contributed by atoms with Gasteiger partial charge in [0.25, 0.3) is 0 Å². The summed E-state index contributed by atoms with van der Waals surface area (Å²) in [6.07, 6.45) is -4.43. The van der Waals surface area contributed by atoms with Crippen LogP contribution in [0.4, 0.5) is 13.2 Å². The number of nitrogens with one attached hydrogen (secondary N) is 1. The van der Waals surface area contributed by atoms with E-state index in [1.807, 2.05) is 0 Å². The van der Waals surface area contributed by atoms with E-state index in [1.54, 1.807) is 12.1 Å². The number of halogens is 4. The first-order chi connectivity index (χ1) is 9.28. The molecule has 112 valence electrons. The second kappa shape index (κ2) is 6.94. The van der Waals surface area contributed by atoms with E-state index in [0.29, 0.717) is 15.8 Å². The van der Waals surface area contributed by atoms with Gasteiger partial charge in [0, 0.05) is 4.47 Å². The summed E-state index contributed by atoms with van der Waals surface area (Å²) in [4.78, 5) is 11.7. The zero-order valence-corrected chi connectivity index (χ0v) is 12.3. The van der Waals surface area contributed by atoms with Crippen molar-refractivity contribution < 1.29 is 27.4 Å². The van der Waals surface area contributed by atoms with Crippen LogP contribution in [0, 0.1) is 0 Å². The fourth-order valence-electron chi connectivity index (χ4n) is 1.53. The zero-order valence-electron chi connectivity index (χ0n) is 10.8. The van der Waals surface area contributed by atoms with Crippen LogP contribution in [0.15, 0.2) is 22.7 Å². The highest BCUT2D eigenvalue weighted by molar-refractivity contribution is 9.10. The van der Waals surface area contributed by atoms with Crippen molar-refractivity contribution in [3.8, 4) is 5.75 Å². The fourth-order valence-corrected chi connectivity index (χ4v) is 2.00. The fraction of sp³-hybridized carbons (Fsp3) is 0.417. The molecule has 0 spiro atoms. The van der Waals surface area contributed by atoms with Crippen molar-refractivity contribution in [3.05, 3.63) is 28.2 Å². The van der Waals surface area contributed by atoms with Gasteiger partial charge in [-0.25, -0.2) is 4.79 Å². The molecule has 4 nitrogen and oxygen atoms in total. The predicted molar refractivity (Wildman–Crippen MR) is 69.5 cm³/mol. The summed E-state index contributed by atoms with van der Waals surface area (Å²) in [5, 5.41) is 2.13. The van der Waals surface area contributed by atoms with Gasteiger partial charge >= 0.3 is 12.1 Å². The second-order valence-electron chi connectivity index (χ2n) is 3.84. The molecule has 0 aliphatic carbocycles. The van der Waals surface area contributed by atoms with Gasteiger partial charge in [0.15, 0.2) is 0 Å². The summed E-state index contributed by atoms with van der Waals surface area (Å²) in [7, 11) is 2.53. The molecule has 1 aromatic carbocycles. The maximum Gasteiger partial charge on any atom is 0.401 e. The van der Waals surface area contributed by atoms with Crippen LogP contribution in [0.5, 0.6) is 5.75 Å². The average molecular weight is 356 g/mol. The van der Waals surface area contributed by atoms with Crippen molar-refractivity contribution in [1.82, 2.24) is 5.32 Å². The van der Waals surface area contributed by atoms with Gasteiger partial charge in [-0.3, -0.25) is 5.32 Å². The summed E-state index contributed by atoms with van der Waals surface area (Å²) in [6.45, 7) is -1.31. The Kier molecular flexibility index (Phi) is 5.82. The maximum atomic E-state index is 12.3. The molecule has 0 saturated carbocycles. The standard InChI is InChI=1S/C12H13BrF3NO3/c1-19-7-3-4-9(13)8(5-7)10(11(18)20-2)17-6-12(14,15)16/h3-5,10,17H,6H2,1-2H3. The van der Waals surface area contributed by atoms with Gasteiger partial charge in [-0.1, -0.05) is 15.9 Å². The molecule has 0 aliphatic rings. The molecule has 0 aliphatic heterocycles. The number of hydrogen-bond acceptors (Lipinski definition) is 4. The van der Waals surface area contributed by atoms with Gasteiger partial charge in [-0.15, -0.1) is 0 Å². The van der Waals surface area contributed by atoms with Crippen molar-refractivity contribution in [2.75, 3.05) is 20.8 Å². The quantitative estimate of drug-likeness (QED) is 0.825. The number of ether oxygens (including phenoxy) is 2. The lowest BCUT2D eigenvalue weighted by Gasteiger charge is -2.19. The summed E-state index contributed by atoms with van der Waals surface area (Å²) >= 11 is 3.19. The first-order valence-electron chi connectivity index (χ1n) is 5.50. The van der Waals surface area contributed by atoms with Crippen molar-refractivity contribution in [2.24, 2.45) is 0 Å². The first kappa shape index (κ1) is 16.8. The lowest BCUT2D eigenvalue weighted by Crippen LogP contribution is -2.36. The Morgan fingerprint density at radius 2 is 2.05 bits per heavy atom. The molecule has 1 aromatic rings. The topological polar surface area (TPSA) is 47.6 Å². The molecular weight excluding hydrogens is 343 g/mol. The van der Waals surface area contributed by atoms with Crippen LogP contribution < -0.4 is 10.1 Å². The van der Waals surface area contributed by atoms with Gasteiger partial charge in [-0.2, -0.15) is 13.2 Å². The van der Waals surface area contributed by atoms with Crippen molar-refractivity contribution in [2.45, 2.75) is 12.2 Å². The lowest BCUT2D eigenvalue weighted by atomic mass is 10.1. The molecule has 0 fully saturated rings. The highest BCUT2D eigenvalue weighted by Crippen LogP contribution is 2.29. The zero-order chi connectivity index (χ0) is 15.3. The van der Waals surface area contributed by atoms with E-state index in [4.69, 9.17) is 4.74 Å². The van der Waals surface area contributed by atoms with Crippen LogP contribution in [-0.4, -0.2) is 32.9 Å². The van der Waals surface area contributed by atoms with E-state index in [-0.39, 0.29) is 0 Å². The third-order valence-corrected chi connectivity index (χ3v) is 3.18. The monoisotopic (exact) mass is 355 g/mol. The molecule has 0 saturated heterocycles. The van der Waals surface area contributed by atoms with Crippen LogP contribution in [0.1, 0.15) is 11.6 Å². The van der Waals surface area contributed by atoms with Crippen LogP contribution >= 0.6 is 15.9 Å². The first-order valence-corrected chi connectivity index (χ1v) is 6.29. The molecule has 0 radical (unpaired) electrons. The van der Waals surface area contributed by atoms with Gasteiger partial charge in [0.05, 0.1) is 20.8 Å². The Balaban J connectivity index is 3.07. The highest BCUT2D eigenvalue weighted by Gasteiger charge is 2.32. The SMILES string of the molecule is COC(=O)C(NCC(F)(F)F)c1cc(OC)ccc1Br. The lowest BCUT2D eigenvalue weighted by molar-refractivity contribution is -0.146. The van der Waals surface area contributed by atoms with Crippen LogP contribution in [0.2, 0.25) is 0 Å². The van der Waals surface area contributed by atoms with Crippen molar-refractivity contribution >= 4 is 21.9 Å². The number of esters is 1. The normalized spacial score (nSPS) is 12.9. The van der Waals surface area contributed by atoms with Crippen LogP contribution in [0.25, 0.3) is 0 Å². The molecule has 0 amide bonds. The van der Waals surface area contributed by atoms with E-state index in [9.17, 15) is 18.0 Å². The molecule has 0 bridgehead atoms. The summed E-state index contributed by atoms with van der Waals surface area (Å²) in [5.74, 6) is -0.394. The minimum atomic E-state index is -4.43. The summed E-state index contributed by atoms with van der Waals surface area (Å²) < 4.78 is 46.9. The second-order valence-corrected chi connectivity index (χ2v) is 4.69. The van der Waals surface area contributed by atoms with E-state index >= 15 is 0 Å². The number of rotatable bonds is 5. The van der Waals surface area contributed by atoms with E-state index < -0.39 is 24.7 Å². The van der Waals surface area contributed by atoms with Crippen molar-refractivity contribution in [3.63, 3.8) is 0 Å². The predicted octanol–water partition coefficient (Wildman–Crippen LogP) is 2.82. The third-order valence-electron chi connectivity index (χ3n) is 2.46. The Labute approximate surface area is 122 Å². The Bertz CT molecular complexity index is 480. The third kappa shape index (κ3) is 4.68. The van der Waals surface area contributed by atoms with Gasteiger partial charge < -0.3 is 9.47 Å². The van der Waals surface area contributed by atoms with Gasteiger partial charge in [0.2, 0.25) is 0 Å². The molecular formula is C12H13BrF3NO3. The van der Waals surface area contributed by atoms with Gasteiger partial charge in [0.1, 0.15) is 11.8 Å². The molecule has 0 aromatic heterocycles. The summed E-state index contributed by atoms with van der Waals surface area (Å²) in [5.41, 5.74) is 0.306. The highest BCUT2D eigenvalue weighted by atomic mass is 79.9. The molecule has 8 heteroatoms. The minimum Gasteiger partial charge on any atom is -0.497 e. The smallest absolute Gasteiger partial charge is 0.401 e. The molecule has 1 rings (SSSR count). The number of benzene rings is 1. The minimum absolute atomic E-state index is 0.306. The van der Waals surface area contributed by atoms with E-state index in [2.05, 4.69) is 26.0 Å². The molecule has 1 atom stereocenters. The Morgan fingerprint density at radius 3 is 2.55 bits per heavy atom. The van der Waals surface area contributed by atoms with Gasteiger partial charge in [-0.05, 0) is 23.8 Å². The average Bonchev–Trinajstić information content (AvgIpc) is 2.39. The van der Waals surface area contributed by atoms with E-state index in [0.717, 1.165) is 7.11 Å². The maximum absolute atomic E-state index is 12.3. The number of carbonyl (C=O) groups is 1. The Hall–Kier alpha value is -1.28. The summed E-state index contributed by atoms with van der Waals surface area (Å²) in [6, 6.07) is 3.42. The number of alkyl halides is 3. The number of carbonyl (C=O) groups excluding carboxylic acids is 1. The number of methoxy groups -OCH3 is 2. The van der Waals surface area contributed by atoms with Crippen LogP contribution in [0.3, 0.4) is 0 Å². The van der Waals surface area contributed by atoms with E-state index in [1.165, 1.54) is 13.2 Å². The van der Waals surface area contributed by atoms with Crippen molar-refractivity contribution in [1.29, 1.82) is 0 Å².